The second-order valence-electron chi connectivity index (χ2n) is 13.6. The summed E-state index contributed by atoms with van der Waals surface area (Å²) in [5.74, 6) is 6.64. The summed E-state index contributed by atoms with van der Waals surface area (Å²) in [5.41, 5.74) is 7.90. The Morgan fingerprint density at radius 3 is 1.38 bits per heavy atom. The fraction of sp³-hybridized carbons (Fsp3) is 0.389. The van der Waals surface area contributed by atoms with Crippen molar-refractivity contribution in [2.24, 2.45) is 0 Å². The van der Waals surface area contributed by atoms with E-state index in [0.29, 0.717) is 17.2 Å². The van der Waals surface area contributed by atoms with Gasteiger partial charge in [0.2, 0.25) is 0 Å². The van der Waals surface area contributed by atoms with Crippen molar-refractivity contribution in [2.75, 3.05) is 11.1 Å². The Labute approximate surface area is 289 Å². The first-order chi connectivity index (χ1) is 21.4. The molecule has 0 spiro atoms. The molecule has 0 atom stereocenters. The van der Waals surface area contributed by atoms with Gasteiger partial charge in [0.05, 0.1) is 11.5 Å². The third-order valence-corrected chi connectivity index (χ3v) is 15.7. The van der Waals surface area contributed by atoms with Gasteiger partial charge in [-0.3, -0.25) is 5.32 Å². The molecular weight excluding hydrogens is 648 g/mol. The van der Waals surface area contributed by atoms with E-state index in [4.69, 9.17) is 30.9 Å². The highest BCUT2D eigenvalue weighted by Gasteiger charge is 2.39. The zero-order valence-electron chi connectivity index (χ0n) is 29.9. The minimum atomic E-state index is -1.86. The van der Waals surface area contributed by atoms with Crippen molar-refractivity contribution in [3.63, 3.8) is 0 Å². The van der Waals surface area contributed by atoms with Crippen molar-refractivity contribution >= 4 is 51.1 Å². The number of hydrogen-bond acceptors (Lipinski definition) is 7. The number of nitrogens with one attached hydrogen (secondary N) is 1. The SMILES string of the molecule is C=C(C)OC(=O)Cl.C=C(C)OC(=O)Nc1ccc(C#CO[Si](C)(C)C(C)(C)C)cc1.CC(C)(C)[Si](C)(C)OC#Cc1ccc(N)cc1. The van der Waals surface area contributed by atoms with E-state index >= 15 is 0 Å². The molecule has 0 fully saturated rings. The number of hydrogen-bond donors (Lipinski definition) is 2. The minimum Gasteiger partial charge on any atom is -0.500 e. The van der Waals surface area contributed by atoms with Crippen LogP contribution < -0.4 is 11.1 Å². The van der Waals surface area contributed by atoms with Crippen LogP contribution in [0.3, 0.4) is 0 Å². The molecular formula is C36H51ClN2O6Si2. The first-order valence-electron chi connectivity index (χ1n) is 14.9. The summed E-state index contributed by atoms with van der Waals surface area (Å²) in [6, 6.07) is 14.6. The van der Waals surface area contributed by atoms with Crippen LogP contribution in [0.4, 0.5) is 21.0 Å². The van der Waals surface area contributed by atoms with Crippen molar-refractivity contribution in [1.82, 2.24) is 0 Å². The van der Waals surface area contributed by atoms with Gasteiger partial charge in [-0.15, -0.1) is 0 Å². The summed E-state index contributed by atoms with van der Waals surface area (Å²) in [6.45, 7) is 31.7. The predicted octanol–water partition coefficient (Wildman–Crippen LogP) is 10.6. The lowest BCUT2D eigenvalue weighted by molar-refractivity contribution is 0.192. The van der Waals surface area contributed by atoms with Crippen molar-refractivity contribution in [3.8, 4) is 24.1 Å². The second kappa shape index (κ2) is 18.9. The maximum atomic E-state index is 11.4. The van der Waals surface area contributed by atoms with Crippen LogP contribution in [0.1, 0.15) is 66.5 Å². The van der Waals surface area contributed by atoms with E-state index in [9.17, 15) is 9.59 Å². The van der Waals surface area contributed by atoms with Crippen LogP contribution in [-0.4, -0.2) is 28.2 Å². The van der Waals surface area contributed by atoms with E-state index < -0.39 is 28.2 Å². The van der Waals surface area contributed by atoms with E-state index in [0.717, 1.165) is 16.8 Å². The number of carbonyl (C=O) groups is 2. The molecule has 2 aromatic rings. The molecule has 0 aliphatic heterocycles. The second-order valence-corrected chi connectivity index (χ2v) is 23.4. The standard InChI is InChI=1S/C18H25NO3Si.C14H21NOSi.C4H5ClO2/c1-14(2)22-17(20)19-16-10-8-15(9-11-16)12-13-21-23(6,7)18(3,4)5;1-14(2,3)17(4,5)16-11-10-12-6-8-13(15)9-7-12;1-3(2)7-4(5)6/h8-11H,1H2,2-7H3,(H,19,20);6-9H,15H2,1-5H3;1H2,2H3. The third-order valence-electron chi connectivity index (χ3n) is 7.18. The molecule has 0 aromatic heterocycles. The molecule has 2 aromatic carbocycles. The summed E-state index contributed by atoms with van der Waals surface area (Å²) in [5, 5.41) is 2.91. The number of anilines is 2. The number of benzene rings is 2. The van der Waals surface area contributed by atoms with Crippen LogP contribution in [0.15, 0.2) is 73.2 Å². The number of halogens is 1. The minimum absolute atomic E-state index is 0.124. The molecule has 0 bridgehead atoms. The van der Waals surface area contributed by atoms with Gasteiger partial charge in [0, 0.05) is 34.1 Å². The number of allylic oxidation sites excluding steroid dienone is 2. The van der Waals surface area contributed by atoms with Crippen molar-refractivity contribution in [3.05, 3.63) is 84.3 Å². The van der Waals surface area contributed by atoms with Crippen LogP contribution in [0.2, 0.25) is 36.3 Å². The predicted molar refractivity (Wildman–Crippen MR) is 200 cm³/mol. The summed E-state index contributed by atoms with van der Waals surface area (Å²) in [6.07, 6.45) is 5.10. The van der Waals surface area contributed by atoms with E-state index in [2.05, 4.69) is 115 Å². The maximum Gasteiger partial charge on any atom is 0.416 e. The molecule has 11 heteroatoms. The Hall–Kier alpha value is -4.10. The largest absolute Gasteiger partial charge is 0.500 e. The molecule has 0 aliphatic carbocycles. The summed E-state index contributed by atoms with van der Waals surface area (Å²) in [4.78, 5) is 21.2. The highest BCUT2D eigenvalue weighted by atomic mass is 35.5. The van der Waals surface area contributed by atoms with E-state index in [1.807, 2.05) is 36.4 Å². The number of nitrogen functional groups attached to an aromatic ring is 1. The summed E-state index contributed by atoms with van der Waals surface area (Å²) < 4.78 is 20.6. The molecule has 0 heterocycles. The van der Waals surface area contributed by atoms with Crippen LogP contribution in [0.25, 0.3) is 0 Å². The van der Waals surface area contributed by atoms with Crippen molar-refractivity contribution in [1.29, 1.82) is 0 Å². The molecule has 256 valence electrons. The van der Waals surface area contributed by atoms with Gasteiger partial charge < -0.3 is 24.1 Å². The topological polar surface area (TPSA) is 109 Å². The first-order valence-corrected chi connectivity index (χ1v) is 21.1. The molecule has 0 saturated heterocycles. The fourth-order valence-corrected chi connectivity index (χ4v) is 3.73. The molecule has 2 rings (SSSR count). The lowest BCUT2D eigenvalue weighted by Gasteiger charge is -2.33. The first kappa shape index (κ1) is 42.9. The Morgan fingerprint density at radius 2 is 1.09 bits per heavy atom. The number of amides is 1. The quantitative estimate of drug-likeness (QED) is 0.105. The Kier molecular flexibility index (Phi) is 17.3. The van der Waals surface area contributed by atoms with Gasteiger partial charge in [-0.25, -0.2) is 9.59 Å². The monoisotopic (exact) mass is 698 g/mol. The van der Waals surface area contributed by atoms with Gasteiger partial charge in [-0.05, 0) is 110 Å². The van der Waals surface area contributed by atoms with Crippen LogP contribution in [0.5, 0.6) is 0 Å². The Bertz CT molecular complexity index is 1470. The average molecular weight is 699 g/mol. The van der Waals surface area contributed by atoms with Gasteiger partial charge in [0.15, 0.2) is 0 Å². The Morgan fingerprint density at radius 1 is 0.723 bits per heavy atom. The molecule has 0 radical (unpaired) electrons. The van der Waals surface area contributed by atoms with Crippen LogP contribution in [0, 0.1) is 24.1 Å². The molecule has 8 nitrogen and oxygen atoms in total. The summed E-state index contributed by atoms with van der Waals surface area (Å²) >= 11 is 4.75. The zero-order chi connectivity index (χ0) is 36.6. The van der Waals surface area contributed by atoms with E-state index in [1.165, 1.54) is 0 Å². The van der Waals surface area contributed by atoms with Crippen molar-refractivity contribution < 1.29 is 27.9 Å². The number of carbonyl (C=O) groups excluding carboxylic acids is 2. The van der Waals surface area contributed by atoms with Gasteiger partial charge in [0.25, 0.3) is 16.6 Å². The van der Waals surface area contributed by atoms with Gasteiger partial charge in [-0.1, -0.05) is 54.7 Å². The van der Waals surface area contributed by atoms with Gasteiger partial charge in [0.1, 0.15) is 12.2 Å². The molecule has 0 aliphatic rings. The zero-order valence-corrected chi connectivity index (χ0v) is 32.7. The maximum absolute atomic E-state index is 11.4. The van der Waals surface area contributed by atoms with Crippen LogP contribution in [-0.2, 0) is 18.3 Å². The fourth-order valence-electron chi connectivity index (χ4n) is 2.37. The molecule has 3 N–H and O–H groups in total. The third kappa shape index (κ3) is 18.6. The average Bonchev–Trinajstić information content (AvgIpc) is 2.89. The molecule has 47 heavy (non-hydrogen) atoms. The summed E-state index contributed by atoms with van der Waals surface area (Å²) in [7, 11) is -3.63. The normalized spacial score (nSPS) is 10.7. The van der Waals surface area contributed by atoms with Gasteiger partial charge in [-0.2, -0.15) is 0 Å². The number of nitrogens with two attached hydrogens (primary N) is 1. The van der Waals surface area contributed by atoms with E-state index in [1.54, 1.807) is 26.0 Å². The Balaban J connectivity index is 0.000000770. The molecule has 1 amide bonds. The van der Waals surface area contributed by atoms with Crippen LogP contribution >= 0.6 is 11.6 Å². The highest BCUT2D eigenvalue weighted by Crippen LogP contribution is 2.37. The number of rotatable bonds is 5. The smallest absolute Gasteiger partial charge is 0.416 e. The van der Waals surface area contributed by atoms with Gasteiger partial charge >= 0.3 is 11.5 Å². The number of ether oxygens (including phenoxy) is 2. The van der Waals surface area contributed by atoms with Crippen molar-refractivity contribution in [2.45, 2.75) is 91.7 Å². The molecule has 0 saturated carbocycles. The highest BCUT2D eigenvalue weighted by molar-refractivity contribution is 6.74. The lowest BCUT2D eigenvalue weighted by Crippen LogP contribution is -2.39. The molecule has 0 unspecified atom stereocenters. The lowest BCUT2D eigenvalue weighted by atomic mass is 10.2. The van der Waals surface area contributed by atoms with E-state index in [-0.39, 0.29) is 10.1 Å².